The van der Waals surface area contributed by atoms with E-state index in [0.717, 1.165) is 11.3 Å². The van der Waals surface area contributed by atoms with E-state index in [4.69, 9.17) is 22.1 Å². The fraction of sp³-hybridized carbons (Fsp3) is 0.167. The number of nitrogens with zero attached hydrogens (tertiary/aromatic N) is 2. The summed E-state index contributed by atoms with van der Waals surface area (Å²) in [7, 11) is 0. The van der Waals surface area contributed by atoms with Gasteiger partial charge >= 0.3 is 6.01 Å². The first-order valence-electron chi connectivity index (χ1n) is 5.25. The summed E-state index contributed by atoms with van der Waals surface area (Å²) in [5, 5.41) is -0.0113. The molecule has 0 amide bonds. The third-order valence-electron chi connectivity index (χ3n) is 2.38. The first-order chi connectivity index (χ1) is 8.60. The van der Waals surface area contributed by atoms with Crippen molar-refractivity contribution in [2.24, 2.45) is 5.73 Å². The Balaban J connectivity index is 2.23. The quantitative estimate of drug-likeness (QED) is 0.929. The molecule has 0 atom stereocenters. The molecule has 2 rings (SSSR count). The molecule has 0 saturated carbocycles. The van der Waals surface area contributed by atoms with Crippen molar-refractivity contribution in [3.63, 3.8) is 0 Å². The van der Waals surface area contributed by atoms with Crippen LogP contribution in [0.1, 0.15) is 11.3 Å². The maximum Gasteiger partial charge on any atom is 0.322 e. The second kappa shape index (κ2) is 5.29. The fourth-order valence-corrected chi connectivity index (χ4v) is 1.54. The molecule has 2 N–H and O–H groups in total. The second-order valence-corrected chi connectivity index (χ2v) is 4.05. The van der Waals surface area contributed by atoms with Crippen LogP contribution < -0.4 is 10.5 Å². The minimum atomic E-state index is -0.500. The van der Waals surface area contributed by atoms with Crippen LogP contribution in [-0.4, -0.2) is 9.97 Å². The molecule has 1 aromatic heterocycles. The highest BCUT2D eigenvalue weighted by Crippen LogP contribution is 2.24. The summed E-state index contributed by atoms with van der Waals surface area (Å²) < 4.78 is 18.3. The van der Waals surface area contributed by atoms with Gasteiger partial charge in [-0.25, -0.2) is 9.37 Å². The van der Waals surface area contributed by atoms with E-state index in [9.17, 15) is 4.39 Å². The van der Waals surface area contributed by atoms with Gasteiger partial charge in [-0.15, -0.1) is 0 Å². The molecule has 0 aliphatic carbocycles. The van der Waals surface area contributed by atoms with Crippen LogP contribution in [0.3, 0.4) is 0 Å². The average Bonchev–Trinajstić information content (AvgIpc) is 2.34. The van der Waals surface area contributed by atoms with Gasteiger partial charge in [-0.05, 0) is 19.1 Å². The maximum atomic E-state index is 13.0. The van der Waals surface area contributed by atoms with Crippen molar-refractivity contribution in [3.8, 4) is 11.8 Å². The Morgan fingerprint density at radius 3 is 2.83 bits per heavy atom. The number of halogens is 2. The zero-order valence-electron chi connectivity index (χ0n) is 9.65. The maximum absolute atomic E-state index is 13.0. The van der Waals surface area contributed by atoms with E-state index in [0.29, 0.717) is 12.3 Å². The van der Waals surface area contributed by atoms with Gasteiger partial charge in [0.05, 0.1) is 5.02 Å². The molecule has 0 saturated heterocycles. The minimum Gasteiger partial charge on any atom is -0.424 e. The van der Waals surface area contributed by atoms with Gasteiger partial charge in [0, 0.05) is 30.1 Å². The Bertz CT molecular complexity index is 577. The molecule has 4 nitrogen and oxygen atoms in total. The molecular formula is C12H11ClFN3O. The summed E-state index contributed by atoms with van der Waals surface area (Å²) in [6, 6.07) is 4.22. The van der Waals surface area contributed by atoms with Crippen LogP contribution in [0.15, 0.2) is 24.4 Å². The van der Waals surface area contributed by atoms with Gasteiger partial charge in [0.15, 0.2) is 0 Å². The number of aromatic nitrogens is 2. The Morgan fingerprint density at radius 1 is 1.44 bits per heavy atom. The Morgan fingerprint density at radius 2 is 2.22 bits per heavy atom. The number of nitrogens with two attached hydrogens (primary N) is 1. The largest absolute Gasteiger partial charge is 0.424 e. The van der Waals surface area contributed by atoms with Crippen molar-refractivity contribution in [2.75, 3.05) is 0 Å². The molecule has 1 heterocycles. The molecule has 0 fully saturated rings. The number of ether oxygens (including phenoxy) is 1. The lowest BCUT2D eigenvalue weighted by Gasteiger charge is -2.07. The summed E-state index contributed by atoms with van der Waals surface area (Å²) in [4.78, 5) is 8.15. The molecule has 0 radical (unpaired) electrons. The van der Waals surface area contributed by atoms with Crippen molar-refractivity contribution in [1.29, 1.82) is 0 Å². The highest BCUT2D eigenvalue weighted by atomic mass is 35.5. The third-order valence-corrected chi connectivity index (χ3v) is 2.67. The first-order valence-corrected chi connectivity index (χ1v) is 5.63. The van der Waals surface area contributed by atoms with Crippen molar-refractivity contribution in [3.05, 3.63) is 46.5 Å². The van der Waals surface area contributed by atoms with Crippen molar-refractivity contribution in [2.45, 2.75) is 13.5 Å². The summed E-state index contributed by atoms with van der Waals surface area (Å²) >= 11 is 5.65. The second-order valence-electron chi connectivity index (χ2n) is 3.65. The molecule has 0 spiro atoms. The predicted molar refractivity (Wildman–Crippen MR) is 66.1 cm³/mol. The van der Waals surface area contributed by atoms with E-state index >= 15 is 0 Å². The zero-order valence-corrected chi connectivity index (χ0v) is 10.4. The Kier molecular flexibility index (Phi) is 3.74. The molecule has 0 aliphatic heterocycles. The van der Waals surface area contributed by atoms with Crippen LogP contribution in [0.25, 0.3) is 0 Å². The third kappa shape index (κ3) is 2.75. The molecule has 0 aliphatic rings. The summed E-state index contributed by atoms with van der Waals surface area (Å²) in [6.45, 7) is 2.18. The van der Waals surface area contributed by atoms with Gasteiger partial charge in [-0.2, -0.15) is 4.98 Å². The van der Waals surface area contributed by atoms with Gasteiger partial charge in [0.25, 0.3) is 0 Å². The number of hydrogen-bond donors (Lipinski definition) is 1. The Labute approximate surface area is 109 Å². The van der Waals surface area contributed by atoms with E-state index in [1.165, 1.54) is 18.2 Å². The van der Waals surface area contributed by atoms with E-state index < -0.39 is 5.82 Å². The molecular weight excluding hydrogens is 257 g/mol. The van der Waals surface area contributed by atoms with Crippen LogP contribution in [0.5, 0.6) is 11.8 Å². The summed E-state index contributed by atoms with van der Waals surface area (Å²) in [5.74, 6) is -0.124. The van der Waals surface area contributed by atoms with Crippen LogP contribution in [0.2, 0.25) is 5.02 Å². The van der Waals surface area contributed by atoms with E-state index in [1.54, 1.807) is 6.20 Å². The lowest BCUT2D eigenvalue weighted by molar-refractivity contribution is 0.438. The summed E-state index contributed by atoms with van der Waals surface area (Å²) in [5.41, 5.74) is 7.10. The molecule has 1 aromatic carbocycles. The highest BCUT2D eigenvalue weighted by molar-refractivity contribution is 6.30. The SMILES string of the molecule is Cc1nc(Oc2ccc(F)c(Cl)c2)ncc1CN. The predicted octanol–water partition coefficient (Wildman–Crippen LogP) is 2.83. The number of aryl methyl sites for hydroxylation is 1. The summed E-state index contributed by atoms with van der Waals surface area (Å²) in [6.07, 6.45) is 1.60. The number of rotatable bonds is 3. The minimum absolute atomic E-state index is 0.0113. The fourth-order valence-electron chi connectivity index (χ4n) is 1.37. The monoisotopic (exact) mass is 267 g/mol. The molecule has 6 heteroatoms. The van der Waals surface area contributed by atoms with Crippen molar-refractivity contribution < 1.29 is 9.13 Å². The van der Waals surface area contributed by atoms with Gasteiger partial charge in [-0.1, -0.05) is 11.6 Å². The van der Waals surface area contributed by atoms with Gasteiger partial charge in [-0.3, -0.25) is 0 Å². The molecule has 0 unspecified atom stereocenters. The van der Waals surface area contributed by atoms with Crippen LogP contribution in [0, 0.1) is 12.7 Å². The van der Waals surface area contributed by atoms with E-state index in [2.05, 4.69) is 9.97 Å². The van der Waals surface area contributed by atoms with Crippen molar-refractivity contribution >= 4 is 11.6 Å². The van der Waals surface area contributed by atoms with E-state index in [1.807, 2.05) is 6.92 Å². The topological polar surface area (TPSA) is 61.0 Å². The first kappa shape index (κ1) is 12.7. The molecule has 2 aromatic rings. The van der Waals surface area contributed by atoms with Crippen molar-refractivity contribution in [1.82, 2.24) is 9.97 Å². The van der Waals surface area contributed by atoms with Crippen LogP contribution in [0.4, 0.5) is 4.39 Å². The smallest absolute Gasteiger partial charge is 0.322 e. The molecule has 0 bridgehead atoms. The van der Waals surface area contributed by atoms with Crippen LogP contribution >= 0.6 is 11.6 Å². The number of hydrogen-bond acceptors (Lipinski definition) is 4. The lowest BCUT2D eigenvalue weighted by Crippen LogP contribution is -2.03. The van der Waals surface area contributed by atoms with Gasteiger partial charge < -0.3 is 10.5 Å². The number of benzene rings is 1. The highest BCUT2D eigenvalue weighted by Gasteiger charge is 2.06. The van der Waals surface area contributed by atoms with E-state index in [-0.39, 0.29) is 11.0 Å². The molecule has 18 heavy (non-hydrogen) atoms. The lowest BCUT2D eigenvalue weighted by atomic mass is 10.2. The standard InChI is InChI=1S/C12H11ClFN3O/c1-7-8(5-15)6-16-12(17-7)18-9-2-3-11(14)10(13)4-9/h2-4,6H,5,15H2,1H3. The zero-order chi connectivity index (χ0) is 13.1. The van der Waals surface area contributed by atoms with Gasteiger partial charge in [0.1, 0.15) is 11.6 Å². The Hall–Kier alpha value is -1.72. The average molecular weight is 268 g/mol. The molecule has 94 valence electrons. The normalized spacial score (nSPS) is 10.4. The van der Waals surface area contributed by atoms with Gasteiger partial charge in [0.2, 0.25) is 0 Å². The van der Waals surface area contributed by atoms with Crippen LogP contribution in [-0.2, 0) is 6.54 Å².